The van der Waals surface area contributed by atoms with E-state index in [0.29, 0.717) is 5.69 Å². The van der Waals surface area contributed by atoms with Gasteiger partial charge in [-0.15, -0.1) is 0 Å². The number of aromatic nitrogens is 1. The minimum absolute atomic E-state index is 0.244. The summed E-state index contributed by atoms with van der Waals surface area (Å²) in [5.41, 5.74) is 7.81. The number of anilines is 2. The Bertz CT molecular complexity index is 468. The Morgan fingerprint density at radius 2 is 1.94 bits per heavy atom. The van der Waals surface area contributed by atoms with Gasteiger partial charge in [0, 0.05) is 6.20 Å². The summed E-state index contributed by atoms with van der Waals surface area (Å²) in [5, 5.41) is 3.38. The van der Waals surface area contributed by atoms with Crippen molar-refractivity contribution >= 4 is 11.5 Å². The zero-order valence-corrected chi connectivity index (χ0v) is 9.93. The molecule has 17 heavy (non-hydrogen) atoms. The van der Waals surface area contributed by atoms with Gasteiger partial charge in [-0.3, -0.25) is 0 Å². The van der Waals surface area contributed by atoms with Crippen LogP contribution >= 0.6 is 0 Å². The topological polar surface area (TPSA) is 50.9 Å². The van der Waals surface area contributed by atoms with Gasteiger partial charge in [0.1, 0.15) is 5.82 Å². The maximum Gasteiger partial charge on any atom is 0.149 e. The maximum atomic E-state index is 5.88. The van der Waals surface area contributed by atoms with Crippen LogP contribution in [0.15, 0.2) is 48.7 Å². The SMILES string of the molecule is CCC(Nc1ncccc1N)c1ccccc1. The normalized spacial score (nSPS) is 12.1. The molecule has 1 aromatic heterocycles. The lowest BCUT2D eigenvalue weighted by Crippen LogP contribution is -2.12. The smallest absolute Gasteiger partial charge is 0.149 e. The number of nitrogens with one attached hydrogen (secondary N) is 1. The molecular weight excluding hydrogens is 210 g/mol. The number of pyridine rings is 1. The first-order valence-corrected chi connectivity index (χ1v) is 5.83. The van der Waals surface area contributed by atoms with Crippen molar-refractivity contribution in [3.8, 4) is 0 Å². The van der Waals surface area contributed by atoms with E-state index in [0.717, 1.165) is 12.2 Å². The van der Waals surface area contributed by atoms with Gasteiger partial charge in [0.05, 0.1) is 11.7 Å². The molecule has 1 aromatic carbocycles. The Balaban J connectivity index is 2.19. The number of hydrogen-bond donors (Lipinski definition) is 2. The van der Waals surface area contributed by atoms with Crippen molar-refractivity contribution in [3.05, 3.63) is 54.2 Å². The molecule has 2 rings (SSSR count). The van der Waals surface area contributed by atoms with E-state index in [1.54, 1.807) is 6.20 Å². The van der Waals surface area contributed by atoms with Gasteiger partial charge in [0.25, 0.3) is 0 Å². The molecule has 0 amide bonds. The van der Waals surface area contributed by atoms with Crippen molar-refractivity contribution in [2.75, 3.05) is 11.1 Å². The van der Waals surface area contributed by atoms with Crippen molar-refractivity contribution in [2.24, 2.45) is 0 Å². The summed E-state index contributed by atoms with van der Waals surface area (Å²) in [5.74, 6) is 0.753. The van der Waals surface area contributed by atoms with E-state index in [4.69, 9.17) is 5.73 Å². The number of nitrogens with two attached hydrogens (primary N) is 1. The van der Waals surface area contributed by atoms with Crippen molar-refractivity contribution in [2.45, 2.75) is 19.4 Å². The third kappa shape index (κ3) is 2.75. The lowest BCUT2D eigenvalue weighted by molar-refractivity contribution is 0.745. The van der Waals surface area contributed by atoms with Crippen LogP contribution in [0.25, 0.3) is 0 Å². The van der Waals surface area contributed by atoms with Crippen LogP contribution in [-0.4, -0.2) is 4.98 Å². The molecule has 0 radical (unpaired) electrons. The standard InChI is InChI=1S/C14H17N3/c1-2-13(11-7-4-3-5-8-11)17-14-12(15)9-6-10-16-14/h3-10,13H,2,15H2,1H3,(H,16,17). The first-order valence-electron chi connectivity index (χ1n) is 5.83. The molecule has 0 aliphatic carbocycles. The lowest BCUT2D eigenvalue weighted by Gasteiger charge is -2.18. The highest BCUT2D eigenvalue weighted by Crippen LogP contribution is 2.23. The van der Waals surface area contributed by atoms with E-state index in [-0.39, 0.29) is 6.04 Å². The number of nitrogen functional groups attached to an aromatic ring is 1. The quantitative estimate of drug-likeness (QED) is 0.843. The van der Waals surface area contributed by atoms with E-state index >= 15 is 0 Å². The molecule has 1 unspecified atom stereocenters. The van der Waals surface area contributed by atoms with Gasteiger partial charge in [-0.2, -0.15) is 0 Å². The molecule has 0 saturated carbocycles. The van der Waals surface area contributed by atoms with Crippen molar-refractivity contribution in [1.82, 2.24) is 4.98 Å². The third-order valence-electron chi connectivity index (χ3n) is 2.76. The predicted molar refractivity (Wildman–Crippen MR) is 71.7 cm³/mol. The summed E-state index contributed by atoms with van der Waals surface area (Å²) < 4.78 is 0. The molecule has 3 heteroatoms. The Morgan fingerprint density at radius 3 is 2.59 bits per heavy atom. The van der Waals surface area contributed by atoms with Gasteiger partial charge < -0.3 is 11.1 Å². The van der Waals surface area contributed by atoms with Crippen LogP contribution in [0.1, 0.15) is 24.9 Å². The highest BCUT2D eigenvalue weighted by Gasteiger charge is 2.10. The molecule has 0 saturated heterocycles. The summed E-state index contributed by atoms with van der Waals surface area (Å²) >= 11 is 0. The first kappa shape index (κ1) is 11.5. The van der Waals surface area contributed by atoms with Crippen LogP contribution < -0.4 is 11.1 Å². The predicted octanol–water partition coefficient (Wildman–Crippen LogP) is 3.23. The van der Waals surface area contributed by atoms with Crippen LogP contribution in [0.5, 0.6) is 0 Å². The zero-order chi connectivity index (χ0) is 12.1. The molecule has 0 aliphatic heterocycles. The fraction of sp³-hybridized carbons (Fsp3) is 0.214. The van der Waals surface area contributed by atoms with Gasteiger partial charge in [-0.05, 0) is 24.1 Å². The average molecular weight is 227 g/mol. The molecule has 0 bridgehead atoms. The van der Waals surface area contributed by atoms with Crippen LogP contribution in [0.4, 0.5) is 11.5 Å². The fourth-order valence-electron chi connectivity index (χ4n) is 1.81. The number of nitrogens with zero attached hydrogens (tertiary/aromatic N) is 1. The van der Waals surface area contributed by atoms with E-state index in [2.05, 4.69) is 29.4 Å². The molecule has 3 N–H and O–H groups in total. The Hall–Kier alpha value is -2.03. The molecule has 0 fully saturated rings. The van der Waals surface area contributed by atoms with Gasteiger partial charge in [0.2, 0.25) is 0 Å². The molecule has 3 nitrogen and oxygen atoms in total. The van der Waals surface area contributed by atoms with Gasteiger partial charge in [-0.25, -0.2) is 4.98 Å². The third-order valence-corrected chi connectivity index (χ3v) is 2.76. The molecular formula is C14H17N3. The minimum atomic E-state index is 0.244. The summed E-state index contributed by atoms with van der Waals surface area (Å²) in [4.78, 5) is 4.26. The van der Waals surface area contributed by atoms with Gasteiger partial charge >= 0.3 is 0 Å². The molecule has 1 atom stereocenters. The summed E-state index contributed by atoms with van der Waals surface area (Å²) in [6, 6.07) is 14.3. The number of hydrogen-bond acceptors (Lipinski definition) is 3. The second-order valence-corrected chi connectivity index (χ2v) is 3.96. The van der Waals surface area contributed by atoms with Gasteiger partial charge in [0.15, 0.2) is 0 Å². The van der Waals surface area contributed by atoms with Gasteiger partial charge in [-0.1, -0.05) is 37.3 Å². The van der Waals surface area contributed by atoms with Crippen molar-refractivity contribution in [1.29, 1.82) is 0 Å². The number of benzene rings is 1. The zero-order valence-electron chi connectivity index (χ0n) is 9.93. The van der Waals surface area contributed by atoms with Crippen LogP contribution in [0.2, 0.25) is 0 Å². The Kier molecular flexibility index (Phi) is 3.60. The lowest BCUT2D eigenvalue weighted by atomic mass is 10.0. The fourth-order valence-corrected chi connectivity index (χ4v) is 1.81. The Labute approximate surface area is 102 Å². The van der Waals surface area contributed by atoms with Crippen molar-refractivity contribution < 1.29 is 0 Å². The van der Waals surface area contributed by atoms with E-state index in [1.807, 2.05) is 30.3 Å². The van der Waals surface area contributed by atoms with Crippen LogP contribution in [0, 0.1) is 0 Å². The van der Waals surface area contributed by atoms with E-state index in [1.165, 1.54) is 5.56 Å². The second kappa shape index (κ2) is 5.34. The highest BCUT2D eigenvalue weighted by molar-refractivity contribution is 5.61. The monoisotopic (exact) mass is 227 g/mol. The maximum absolute atomic E-state index is 5.88. The molecule has 0 aliphatic rings. The van der Waals surface area contributed by atoms with E-state index in [9.17, 15) is 0 Å². The summed E-state index contributed by atoms with van der Waals surface area (Å²) in [6.45, 7) is 2.14. The van der Waals surface area contributed by atoms with E-state index < -0.39 is 0 Å². The molecule has 0 spiro atoms. The first-order chi connectivity index (χ1) is 8.31. The highest BCUT2D eigenvalue weighted by atomic mass is 15.0. The molecule has 1 heterocycles. The summed E-state index contributed by atoms with van der Waals surface area (Å²) in [6.07, 6.45) is 2.73. The summed E-state index contributed by atoms with van der Waals surface area (Å²) in [7, 11) is 0. The second-order valence-electron chi connectivity index (χ2n) is 3.96. The average Bonchev–Trinajstić information content (AvgIpc) is 2.39. The molecule has 88 valence electrons. The largest absolute Gasteiger partial charge is 0.396 e. The Morgan fingerprint density at radius 1 is 1.18 bits per heavy atom. The van der Waals surface area contributed by atoms with Crippen LogP contribution in [0.3, 0.4) is 0 Å². The minimum Gasteiger partial charge on any atom is -0.396 e. The molecule has 2 aromatic rings. The van der Waals surface area contributed by atoms with Crippen LogP contribution in [-0.2, 0) is 0 Å². The number of rotatable bonds is 4. The van der Waals surface area contributed by atoms with Crippen molar-refractivity contribution in [3.63, 3.8) is 0 Å².